The van der Waals surface area contributed by atoms with E-state index in [-0.39, 0.29) is 17.7 Å². The zero-order chi connectivity index (χ0) is 15.5. The number of hydrogen-bond donors (Lipinski definition) is 2. The average molecular weight is 338 g/mol. The molecule has 1 aliphatic rings. The Kier molecular flexibility index (Phi) is 4.30. The van der Waals surface area contributed by atoms with E-state index in [4.69, 9.17) is 11.6 Å². The van der Waals surface area contributed by atoms with Crippen molar-refractivity contribution in [2.24, 2.45) is 0 Å². The number of urea groups is 1. The van der Waals surface area contributed by atoms with E-state index in [0.29, 0.717) is 29.1 Å². The molecule has 2 heterocycles. The van der Waals surface area contributed by atoms with Gasteiger partial charge in [-0.25, -0.2) is 9.78 Å². The number of hydrogen-bond acceptors (Lipinski definition) is 5. The maximum absolute atomic E-state index is 11.9. The lowest BCUT2D eigenvalue weighted by molar-refractivity contribution is -0.124. The Morgan fingerprint density at radius 3 is 2.82 bits per heavy atom. The molecular weight excluding hydrogens is 326 g/mol. The van der Waals surface area contributed by atoms with Crippen molar-refractivity contribution in [1.29, 1.82) is 0 Å². The molecule has 3 amide bonds. The van der Waals surface area contributed by atoms with Crippen LogP contribution in [-0.2, 0) is 4.79 Å². The molecule has 2 aromatic rings. The van der Waals surface area contributed by atoms with Gasteiger partial charge in [-0.05, 0) is 24.3 Å². The average Bonchev–Trinajstić information content (AvgIpc) is 3.14. The minimum absolute atomic E-state index is 0.116. The summed E-state index contributed by atoms with van der Waals surface area (Å²) in [6.45, 7) is 0.902. The number of carbonyl (C=O) groups is 2. The van der Waals surface area contributed by atoms with E-state index in [0.717, 1.165) is 5.56 Å². The maximum Gasteiger partial charge on any atom is 0.324 e. The quantitative estimate of drug-likeness (QED) is 0.830. The lowest BCUT2D eigenvalue weighted by atomic mass is 10.2. The highest BCUT2D eigenvalue weighted by atomic mass is 35.5. The third-order valence-electron chi connectivity index (χ3n) is 3.07. The molecule has 1 aliphatic heterocycles. The first kappa shape index (κ1) is 14.9. The van der Waals surface area contributed by atoms with Crippen molar-refractivity contribution < 1.29 is 9.59 Å². The summed E-state index contributed by atoms with van der Waals surface area (Å²) < 4.78 is 0. The summed E-state index contributed by atoms with van der Waals surface area (Å²) in [5.41, 5.74) is 0.856. The minimum Gasteiger partial charge on any atom is -0.336 e. The van der Waals surface area contributed by atoms with Gasteiger partial charge in [-0.2, -0.15) is 0 Å². The van der Waals surface area contributed by atoms with E-state index in [1.165, 1.54) is 16.7 Å². The second-order valence-electron chi connectivity index (χ2n) is 4.54. The third kappa shape index (κ3) is 3.23. The number of carbonyl (C=O) groups excluding carboxylic acids is 2. The molecule has 1 aromatic carbocycles. The van der Waals surface area contributed by atoms with Crippen molar-refractivity contribution in [3.8, 4) is 11.4 Å². The third-order valence-corrected chi connectivity index (χ3v) is 4.15. The summed E-state index contributed by atoms with van der Waals surface area (Å²) in [6.07, 6.45) is 0. The SMILES string of the molecule is O=C(CSc1n[nH]c(-c2ccc(Cl)cc2)n1)N1CCNC1=O. The topological polar surface area (TPSA) is 91.0 Å². The van der Waals surface area contributed by atoms with Gasteiger partial charge in [0.25, 0.3) is 0 Å². The van der Waals surface area contributed by atoms with Crippen molar-refractivity contribution in [2.75, 3.05) is 18.8 Å². The number of thioether (sulfide) groups is 1. The van der Waals surface area contributed by atoms with E-state index in [2.05, 4.69) is 20.5 Å². The van der Waals surface area contributed by atoms with Gasteiger partial charge in [0.2, 0.25) is 11.1 Å². The Morgan fingerprint density at radius 2 is 2.14 bits per heavy atom. The molecule has 1 fully saturated rings. The Morgan fingerprint density at radius 1 is 1.36 bits per heavy atom. The molecule has 0 saturated carbocycles. The monoisotopic (exact) mass is 337 g/mol. The second kappa shape index (κ2) is 6.37. The molecule has 9 heteroatoms. The molecule has 0 radical (unpaired) electrons. The number of nitrogens with one attached hydrogen (secondary N) is 2. The van der Waals surface area contributed by atoms with Gasteiger partial charge in [0, 0.05) is 23.7 Å². The molecule has 2 N–H and O–H groups in total. The summed E-state index contributed by atoms with van der Waals surface area (Å²) in [4.78, 5) is 28.8. The summed E-state index contributed by atoms with van der Waals surface area (Å²) >= 11 is 7.02. The fourth-order valence-electron chi connectivity index (χ4n) is 1.96. The maximum atomic E-state index is 11.9. The number of nitrogens with zero attached hydrogens (tertiary/aromatic N) is 3. The molecular formula is C13H12ClN5O2S. The zero-order valence-electron chi connectivity index (χ0n) is 11.4. The van der Waals surface area contributed by atoms with Crippen molar-refractivity contribution >= 4 is 35.3 Å². The molecule has 0 aliphatic carbocycles. The first-order valence-corrected chi connectivity index (χ1v) is 7.89. The van der Waals surface area contributed by atoms with E-state index < -0.39 is 0 Å². The molecule has 0 unspecified atom stereocenters. The number of imide groups is 1. The molecule has 22 heavy (non-hydrogen) atoms. The Bertz CT molecular complexity index is 703. The van der Waals surface area contributed by atoms with Gasteiger partial charge >= 0.3 is 6.03 Å². The van der Waals surface area contributed by atoms with Crippen LogP contribution in [-0.4, -0.2) is 50.9 Å². The number of rotatable bonds is 4. The zero-order valence-corrected chi connectivity index (χ0v) is 12.9. The number of H-pyrrole nitrogens is 1. The number of aromatic amines is 1. The lowest BCUT2D eigenvalue weighted by Crippen LogP contribution is -2.35. The highest BCUT2D eigenvalue weighted by Gasteiger charge is 2.26. The highest BCUT2D eigenvalue weighted by molar-refractivity contribution is 7.99. The Hall–Kier alpha value is -2.06. The number of amides is 3. The predicted octanol–water partition coefficient (Wildman–Crippen LogP) is 1.77. The Balaban J connectivity index is 1.61. The number of halogens is 1. The second-order valence-corrected chi connectivity index (χ2v) is 5.92. The summed E-state index contributed by atoms with van der Waals surface area (Å²) in [6, 6.07) is 6.85. The van der Waals surface area contributed by atoms with Gasteiger partial charge in [-0.1, -0.05) is 23.4 Å². The fraction of sp³-hybridized carbons (Fsp3) is 0.231. The molecule has 0 spiro atoms. The first-order chi connectivity index (χ1) is 10.6. The van der Waals surface area contributed by atoms with Crippen LogP contribution in [0.3, 0.4) is 0 Å². The van der Waals surface area contributed by atoms with Crippen LogP contribution in [0.4, 0.5) is 4.79 Å². The smallest absolute Gasteiger partial charge is 0.324 e. The molecule has 7 nitrogen and oxygen atoms in total. The van der Waals surface area contributed by atoms with E-state index in [1.54, 1.807) is 12.1 Å². The predicted molar refractivity (Wildman–Crippen MR) is 82.7 cm³/mol. The van der Waals surface area contributed by atoms with Gasteiger partial charge in [-0.15, -0.1) is 5.10 Å². The molecule has 1 saturated heterocycles. The standard InChI is InChI=1S/C13H12ClN5O2S/c14-9-3-1-8(2-4-9)11-16-12(18-17-11)22-7-10(20)19-6-5-15-13(19)21/h1-4H,5-7H2,(H,15,21)(H,16,17,18). The summed E-state index contributed by atoms with van der Waals surface area (Å²) in [5.74, 6) is 0.467. The van der Waals surface area contributed by atoms with Crippen LogP contribution >= 0.6 is 23.4 Å². The molecule has 3 rings (SSSR count). The number of benzene rings is 1. The fourth-order valence-corrected chi connectivity index (χ4v) is 2.76. The Labute approximate surface area is 135 Å². The van der Waals surface area contributed by atoms with Crippen molar-refractivity contribution in [3.63, 3.8) is 0 Å². The molecule has 1 aromatic heterocycles. The lowest BCUT2D eigenvalue weighted by Gasteiger charge is -2.10. The van der Waals surface area contributed by atoms with Gasteiger partial charge in [0.1, 0.15) is 0 Å². The van der Waals surface area contributed by atoms with Crippen LogP contribution in [0.25, 0.3) is 11.4 Å². The molecule has 114 valence electrons. The van der Waals surface area contributed by atoms with Crippen LogP contribution in [0, 0.1) is 0 Å². The van der Waals surface area contributed by atoms with E-state index in [9.17, 15) is 9.59 Å². The van der Waals surface area contributed by atoms with Gasteiger partial charge in [0.15, 0.2) is 5.82 Å². The van der Waals surface area contributed by atoms with Crippen molar-refractivity contribution in [2.45, 2.75) is 5.16 Å². The minimum atomic E-state index is -0.345. The van der Waals surface area contributed by atoms with Gasteiger partial charge < -0.3 is 5.32 Å². The van der Waals surface area contributed by atoms with Crippen LogP contribution < -0.4 is 5.32 Å². The molecule has 0 atom stereocenters. The van der Waals surface area contributed by atoms with Crippen LogP contribution in [0.15, 0.2) is 29.4 Å². The summed E-state index contributed by atoms with van der Waals surface area (Å²) in [5, 5.41) is 10.6. The van der Waals surface area contributed by atoms with Crippen LogP contribution in [0.1, 0.15) is 0 Å². The number of aromatic nitrogens is 3. The highest BCUT2D eigenvalue weighted by Crippen LogP contribution is 2.21. The van der Waals surface area contributed by atoms with Crippen LogP contribution in [0.5, 0.6) is 0 Å². The largest absolute Gasteiger partial charge is 0.336 e. The van der Waals surface area contributed by atoms with E-state index >= 15 is 0 Å². The van der Waals surface area contributed by atoms with Crippen molar-refractivity contribution in [1.82, 2.24) is 25.4 Å². The van der Waals surface area contributed by atoms with Gasteiger partial charge in [0.05, 0.1) is 5.75 Å². The van der Waals surface area contributed by atoms with Crippen LogP contribution in [0.2, 0.25) is 5.02 Å². The first-order valence-electron chi connectivity index (χ1n) is 6.53. The van der Waals surface area contributed by atoms with Gasteiger partial charge in [-0.3, -0.25) is 14.8 Å². The van der Waals surface area contributed by atoms with Crippen molar-refractivity contribution in [3.05, 3.63) is 29.3 Å². The molecule has 0 bridgehead atoms. The van der Waals surface area contributed by atoms with E-state index in [1.807, 2.05) is 12.1 Å². The normalized spacial score (nSPS) is 14.2. The summed E-state index contributed by atoms with van der Waals surface area (Å²) in [7, 11) is 0.